The molecule has 0 amide bonds. The van der Waals surface area contributed by atoms with Crippen molar-refractivity contribution in [3.05, 3.63) is 231 Å². The number of fused-ring (bicyclic) bond motifs is 3. The lowest BCUT2D eigenvalue weighted by molar-refractivity contribution is 1.18. The molecule has 0 saturated heterocycles. The predicted molar refractivity (Wildman–Crippen MR) is 237 cm³/mol. The molecule has 1 heterocycles. The Labute approximate surface area is 327 Å². The Morgan fingerprint density at radius 2 is 0.821 bits per heavy atom. The van der Waals surface area contributed by atoms with Crippen LogP contribution in [0.3, 0.4) is 0 Å². The van der Waals surface area contributed by atoms with Crippen LogP contribution in [-0.2, 0) is 0 Å². The van der Waals surface area contributed by atoms with Gasteiger partial charge >= 0.3 is 0 Å². The fraction of sp³-hybridized carbons (Fsp3) is 0. The van der Waals surface area contributed by atoms with E-state index in [-0.39, 0.29) is 0 Å². The summed E-state index contributed by atoms with van der Waals surface area (Å²) in [6.07, 6.45) is 0. The molecule has 10 aromatic rings. The standard InChI is InChI=1S/C54H38N2/c1-5-18-40(19-6-1)46-26-13-14-28-49(46)54-47(41-20-7-2-8-21-41)29-17-31-53(54)55(43-22-9-3-10-23-43)45-35-32-39(33-36-45)42-34-37-52-50(38-42)48-27-15-16-30-51(48)56(52)44-24-11-4-12-25-44/h1-38H. The Balaban J connectivity index is 1.14. The maximum absolute atomic E-state index is 2.41. The van der Waals surface area contributed by atoms with Gasteiger partial charge < -0.3 is 9.47 Å². The number of nitrogens with zero attached hydrogens (tertiary/aromatic N) is 2. The van der Waals surface area contributed by atoms with E-state index in [9.17, 15) is 0 Å². The first-order valence-electron chi connectivity index (χ1n) is 19.2. The molecule has 0 radical (unpaired) electrons. The van der Waals surface area contributed by atoms with E-state index in [0.29, 0.717) is 0 Å². The summed E-state index contributed by atoms with van der Waals surface area (Å²) >= 11 is 0. The van der Waals surface area contributed by atoms with E-state index in [1.54, 1.807) is 0 Å². The van der Waals surface area contributed by atoms with Crippen LogP contribution in [-0.4, -0.2) is 4.57 Å². The predicted octanol–water partition coefficient (Wildman–Crippen LogP) is 14.9. The van der Waals surface area contributed by atoms with Crippen LogP contribution in [0.2, 0.25) is 0 Å². The van der Waals surface area contributed by atoms with E-state index in [1.807, 2.05) is 0 Å². The third-order valence-corrected chi connectivity index (χ3v) is 10.8. The molecule has 264 valence electrons. The fourth-order valence-electron chi connectivity index (χ4n) is 8.25. The SMILES string of the molecule is c1ccc(-c2ccccc2-c2c(-c3ccccc3)cccc2N(c2ccccc2)c2ccc(-c3ccc4c(c3)c3ccccc3n4-c3ccccc3)cc2)cc1. The second kappa shape index (κ2) is 14.4. The highest BCUT2D eigenvalue weighted by atomic mass is 15.1. The summed E-state index contributed by atoms with van der Waals surface area (Å²) in [4.78, 5) is 2.41. The van der Waals surface area contributed by atoms with Crippen molar-refractivity contribution in [1.82, 2.24) is 4.57 Å². The summed E-state index contributed by atoms with van der Waals surface area (Å²) in [5.41, 5.74) is 16.4. The van der Waals surface area contributed by atoms with Crippen molar-refractivity contribution in [3.8, 4) is 50.2 Å². The second-order valence-corrected chi connectivity index (χ2v) is 14.1. The third kappa shape index (κ3) is 5.95. The molecule has 0 N–H and O–H groups in total. The summed E-state index contributed by atoms with van der Waals surface area (Å²) in [5, 5.41) is 2.50. The third-order valence-electron chi connectivity index (χ3n) is 10.8. The van der Waals surface area contributed by atoms with Crippen molar-refractivity contribution in [2.75, 3.05) is 4.90 Å². The Bertz CT molecular complexity index is 2930. The molecule has 0 bridgehead atoms. The van der Waals surface area contributed by atoms with Gasteiger partial charge in [0.15, 0.2) is 0 Å². The number of aromatic nitrogens is 1. The highest BCUT2D eigenvalue weighted by molar-refractivity contribution is 6.10. The van der Waals surface area contributed by atoms with Gasteiger partial charge in [0.05, 0.1) is 16.7 Å². The van der Waals surface area contributed by atoms with Gasteiger partial charge in [-0.2, -0.15) is 0 Å². The highest BCUT2D eigenvalue weighted by Crippen LogP contribution is 2.48. The van der Waals surface area contributed by atoms with Crippen LogP contribution in [0, 0.1) is 0 Å². The zero-order valence-electron chi connectivity index (χ0n) is 30.8. The van der Waals surface area contributed by atoms with Gasteiger partial charge in [-0.25, -0.2) is 0 Å². The minimum Gasteiger partial charge on any atom is -0.310 e. The largest absolute Gasteiger partial charge is 0.310 e. The molecule has 0 aliphatic rings. The van der Waals surface area contributed by atoms with Gasteiger partial charge in [-0.05, 0) is 99.6 Å². The molecule has 0 fully saturated rings. The van der Waals surface area contributed by atoms with Crippen molar-refractivity contribution < 1.29 is 0 Å². The van der Waals surface area contributed by atoms with Crippen LogP contribution in [0.1, 0.15) is 0 Å². The van der Waals surface area contributed by atoms with Crippen molar-refractivity contribution >= 4 is 38.9 Å². The molecule has 2 nitrogen and oxygen atoms in total. The summed E-state index contributed by atoms with van der Waals surface area (Å²) in [5.74, 6) is 0. The number of hydrogen-bond donors (Lipinski definition) is 0. The summed E-state index contributed by atoms with van der Waals surface area (Å²) in [7, 11) is 0. The topological polar surface area (TPSA) is 8.17 Å². The molecule has 0 saturated carbocycles. The second-order valence-electron chi connectivity index (χ2n) is 14.1. The Kier molecular flexibility index (Phi) is 8.55. The van der Waals surface area contributed by atoms with E-state index in [2.05, 4.69) is 240 Å². The maximum atomic E-state index is 2.41. The van der Waals surface area contributed by atoms with Gasteiger partial charge in [0.2, 0.25) is 0 Å². The molecule has 0 atom stereocenters. The minimum absolute atomic E-state index is 1.09. The quantitative estimate of drug-likeness (QED) is 0.152. The molecular formula is C54H38N2. The Hall–Kier alpha value is -7.42. The van der Waals surface area contributed by atoms with Crippen molar-refractivity contribution in [2.45, 2.75) is 0 Å². The Morgan fingerprint density at radius 3 is 1.54 bits per heavy atom. The van der Waals surface area contributed by atoms with Crippen LogP contribution in [0.15, 0.2) is 231 Å². The van der Waals surface area contributed by atoms with Crippen LogP contribution in [0.25, 0.3) is 72.0 Å². The molecule has 0 unspecified atom stereocenters. The number of para-hydroxylation sites is 3. The highest BCUT2D eigenvalue weighted by Gasteiger charge is 2.23. The maximum Gasteiger partial charge on any atom is 0.0546 e. The summed E-state index contributed by atoms with van der Waals surface area (Å²) in [6, 6.07) is 83.0. The molecular weight excluding hydrogens is 677 g/mol. The molecule has 9 aromatic carbocycles. The van der Waals surface area contributed by atoms with Crippen molar-refractivity contribution in [2.24, 2.45) is 0 Å². The molecule has 2 heteroatoms. The van der Waals surface area contributed by atoms with E-state index in [1.165, 1.54) is 72.0 Å². The molecule has 0 aliphatic heterocycles. The van der Waals surface area contributed by atoms with Crippen molar-refractivity contribution in [1.29, 1.82) is 0 Å². The first kappa shape index (κ1) is 33.2. The summed E-state index contributed by atoms with van der Waals surface area (Å²) in [6.45, 7) is 0. The number of anilines is 3. The normalized spacial score (nSPS) is 11.2. The van der Waals surface area contributed by atoms with E-state index in [4.69, 9.17) is 0 Å². The average Bonchev–Trinajstić information content (AvgIpc) is 3.62. The van der Waals surface area contributed by atoms with Gasteiger partial charge in [-0.15, -0.1) is 0 Å². The minimum atomic E-state index is 1.09. The van der Waals surface area contributed by atoms with E-state index >= 15 is 0 Å². The van der Waals surface area contributed by atoms with E-state index in [0.717, 1.165) is 17.1 Å². The monoisotopic (exact) mass is 714 g/mol. The van der Waals surface area contributed by atoms with Gasteiger partial charge in [0, 0.05) is 33.4 Å². The first-order valence-corrected chi connectivity index (χ1v) is 19.2. The zero-order valence-corrected chi connectivity index (χ0v) is 30.8. The molecule has 0 spiro atoms. The number of rotatable bonds is 8. The van der Waals surface area contributed by atoms with Crippen LogP contribution < -0.4 is 4.90 Å². The molecule has 56 heavy (non-hydrogen) atoms. The molecule has 0 aliphatic carbocycles. The van der Waals surface area contributed by atoms with Crippen LogP contribution >= 0.6 is 0 Å². The van der Waals surface area contributed by atoms with Crippen molar-refractivity contribution in [3.63, 3.8) is 0 Å². The van der Waals surface area contributed by atoms with Gasteiger partial charge in [-0.1, -0.05) is 170 Å². The zero-order chi connectivity index (χ0) is 37.3. The van der Waals surface area contributed by atoms with Gasteiger partial charge in [0.25, 0.3) is 0 Å². The number of hydrogen-bond acceptors (Lipinski definition) is 1. The molecule has 10 rings (SSSR count). The fourth-order valence-corrected chi connectivity index (χ4v) is 8.25. The van der Waals surface area contributed by atoms with E-state index < -0.39 is 0 Å². The smallest absolute Gasteiger partial charge is 0.0546 e. The van der Waals surface area contributed by atoms with Crippen LogP contribution in [0.5, 0.6) is 0 Å². The van der Waals surface area contributed by atoms with Crippen LogP contribution in [0.4, 0.5) is 17.1 Å². The van der Waals surface area contributed by atoms with Gasteiger partial charge in [-0.3, -0.25) is 0 Å². The lowest BCUT2D eigenvalue weighted by Gasteiger charge is -2.30. The number of benzene rings is 9. The summed E-state index contributed by atoms with van der Waals surface area (Å²) < 4.78 is 2.37. The molecule has 1 aromatic heterocycles. The lowest BCUT2D eigenvalue weighted by atomic mass is 9.87. The first-order chi connectivity index (χ1) is 27.8. The van der Waals surface area contributed by atoms with Gasteiger partial charge in [0.1, 0.15) is 0 Å². The lowest BCUT2D eigenvalue weighted by Crippen LogP contribution is -2.12. The average molecular weight is 715 g/mol. The Morgan fingerprint density at radius 1 is 0.304 bits per heavy atom.